The number of halogens is 2. The van der Waals surface area contributed by atoms with Crippen molar-refractivity contribution >= 4 is 32.2 Å². The van der Waals surface area contributed by atoms with E-state index in [4.69, 9.17) is 17.0 Å². The molecule has 11 unspecified atom stereocenters. The molecule has 238 valence electrons. The Kier molecular flexibility index (Phi) is 14.1. The summed E-state index contributed by atoms with van der Waals surface area (Å²) < 4.78 is 0. The van der Waals surface area contributed by atoms with E-state index in [1.807, 2.05) is 0 Å². The maximum absolute atomic E-state index is 4.93. The SMILES string of the molecule is CC(CC1CC([Si](C)(C)[Si](C)(C)C2CC(C)C3CCCCC32)C2CC3CCCC3CC12)c1ccccc1.[CH3-].[CH3-].[Cl][Zr+2][Cl]. The molecule has 42 heavy (non-hydrogen) atoms. The summed E-state index contributed by atoms with van der Waals surface area (Å²) in [6.07, 6.45) is 18.8. The van der Waals surface area contributed by atoms with Gasteiger partial charge in [-0.1, -0.05) is 109 Å². The number of rotatable bonds is 6. The Balaban J connectivity index is 0.000000930. The first-order chi connectivity index (χ1) is 19.1. The minimum atomic E-state index is -1.35. The molecular weight excluding hydrogens is 663 g/mol. The van der Waals surface area contributed by atoms with Crippen LogP contribution < -0.4 is 0 Å². The molecule has 0 aromatic heterocycles. The van der Waals surface area contributed by atoms with E-state index in [-0.39, 0.29) is 14.9 Å². The number of hydrogen-bond donors (Lipinski definition) is 0. The zero-order valence-corrected chi connectivity index (χ0v) is 34.4. The first-order valence-electron chi connectivity index (χ1n) is 17.1. The summed E-state index contributed by atoms with van der Waals surface area (Å²) in [5.74, 6) is 9.24. The molecule has 0 bridgehead atoms. The Morgan fingerprint density at radius 3 is 1.83 bits per heavy atom. The molecule has 5 heteroatoms. The second kappa shape index (κ2) is 15.8. The zero-order chi connectivity index (χ0) is 28.7. The summed E-state index contributed by atoms with van der Waals surface area (Å²) in [7, 11) is 7.20. The van der Waals surface area contributed by atoms with Crippen LogP contribution in [0.4, 0.5) is 0 Å². The van der Waals surface area contributed by atoms with E-state index in [1.165, 1.54) is 25.7 Å². The molecule has 6 rings (SSSR count). The first-order valence-corrected chi connectivity index (χ1v) is 30.6. The fourth-order valence-corrected chi connectivity index (χ4v) is 26.3. The van der Waals surface area contributed by atoms with E-state index in [9.17, 15) is 0 Å². The van der Waals surface area contributed by atoms with Crippen molar-refractivity contribution < 1.29 is 20.8 Å². The minimum absolute atomic E-state index is 0. The van der Waals surface area contributed by atoms with Gasteiger partial charge in [0.25, 0.3) is 0 Å². The monoisotopic (exact) mass is 724 g/mol. The third-order valence-electron chi connectivity index (χ3n) is 14.5. The van der Waals surface area contributed by atoms with Gasteiger partial charge >= 0.3 is 37.9 Å². The zero-order valence-electron chi connectivity index (χ0n) is 28.5. The molecule has 0 spiro atoms. The Labute approximate surface area is 283 Å². The molecule has 0 aliphatic heterocycles. The van der Waals surface area contributed by atoms with Gasteiger partial charge in [-0.05, 0) is 108 Å². The van der Waals surface area contributed by atoms with Crippen molar-refractivity contribution in [3.05, 3.63) is 50.7 Å². The Morgan fingerprint density at radius 2 is 1.24 bits per heavy atom. The van der Waals surface area contributed by atoms with Crippen LogP contribution >= 0.6 is 17.0 Å². The first kappa shape index (κ1) is 37.6. The predicted octanol–water partition coefficient (Wildman–Crippen LogP) is 13.0. The van der Waals surface area contributed by atoms with Crippen molar-refractivity contribution in [2.45, 2.75) is 134 Å². The molecule has 0 N–H and O–H groups in total. The van der Waals surface area contributed by atoms with Crippen molar-refractivity contribution in [1.29, 1.82) is 0 Å². The van der Waals surface area contributed by atoms with Crippen LogP contribution in [0.25, 0.3) is 0 Å². The van der Waals surface area contributed by atoms with Gasteiger partial charge in [-0.3, -0.25) is 0 Å². The third kappa shape index (κ3) is 7.31. The van der Waals surface area contributed by atoms with E-state index < -0.39 is 36.0 Å². The van der Waals surface area contributed by atoms with Crippen LogP contribution in [0.5, 0.6) is 0 Å². The van der Waals surface area contributed by atoms with Gasteiger partial charge in [0.15, 0.2) is 0 Å². The summed E-state index contributed by atoms with van der Waals surface area (Å²) in [5, 5.41) is 0. The molecule has 5 aliphatic carbocycles. The van der Waals surface area contributed by atoms with Gasteiger partial charge in [0.05, 0.1) is 0 Å². The molecule has 0 saturated heterocycles. The molecule has 11 atom stereocenters. The fraction of sp³-hybridized carbons (Fsp3) is 0.784. The summed E-state index contributed by atoms with van der Waals surface area (Å²) >= 11 is -0.826. The summed E-state index contributed by atoms with van der Waals surface area (Å²) in [6.45, 7) is 17.0. The van der Waals surface area contributed by atoms with E-state index in [0.717, 1.165) is 64.3 Å². The third-order valence-corrected chi connectivity index (χ3v) is 35.0. The van der Waals surface area contributed by atoms with Crippen molar-refractivity contribution in [3.8, 4) is 0 Å². The quantitative estimate of drug-likeness (QED) is 0.202. The van der Waals surface area contributed by atoms with Crippen molar-refractivity contribution in [2.24, 2.45) is 47.3 Å². The van der Waals surface area contributed by atoms with E-state index in [2.05, 4.69) is 70.4 Å². The molecule has 0 nitrogen and oxygen atoms in total. The van der Waals surface area contributed by atoms with Gasteiger partial charge in [0.2, 0.25) is 0 Å². The van der Waals surface area contributed by atoms with Crippen LogP contribution in [0.2, 0.25) is 37.3 Å². The van der Waals surface area contributed by atoms with Gasteiger partial charge in [-0.15, -0.1) is 0 Å². The summed E-state index contributed by atoms with van der Waals surface area (Å²) in [6, 6.07) is 11.5. The van der Waals surface area contributed by atoms with Crippen LogP contribution in [-0.2, 0) is 20.8 Å². The molecule has 0 radical (unpaired) electrons. The van der Waals surface area contributed by atoms with E-state index >= 15 is 0 Å². The Bertz CT molecular complexity index is 954. The number of benzene rings is 1. The van der Waals surface area contributed by atoms with Gasteiger partial charge in [0, 0.05) is 15.2 Å². The maximum atomic E-state index is 4.93. The van der Waals surface area contributed by atoms with E-state index in [1.54, 1.807) is 56.9 Å². The number of fused-ring (bicyclic) bond motifs is 3. The Morgan fingerprint density at radius 1 is 0.714 bits per heavy atom. The summed E-state index contributed by atoms with van der Waals surface area (Å²) in [4.78, 5) is 0. The van der Waals surface area contributed by atoms with Crippen molar-refractivity contribution in [3.63, 3.8) is 0 Å². The average Bonchev–Trinajstić information content (AvgIpc) is 3.64. The van der Waals surface area contributed by atoms with Gasteiger partial charge < -0.3 is 14.9 Å². The topological polar surface area (TPSA) is 0 Å². The molecule has 0 amide bonds. The molecule has 5 aliphatic rings. The van der Waals surface area contributed by atoms with Crippen LogP contribution in [-0.4, -0.2) is 15.2 Å². The molecule has 1 aromatic rings. The molecule has 0 heterocycles. The van der Waals surface area contributed by atoms with Crippen molar-refractivity contribution in [2.75, 3.05) is 0 Å². The summed E-state index contributed by atoms with van der Waals surface area (Å²) in [5.41, 5.74) is 3.84. The van der Waals surface area contributed by atoms with Crippen LogP contribution in [0, 0.1) is 62.2 Å². The fourth-order valence-electron chi connectivity index (χ4n) is 11.9. The van der Waals surface area contributed by atoms with Crippen LogP contribution in [0.3, 0.4) is 0 Å². The van der Waals surface area contributed by atoms with Crippen molar-refractivity contribution in [1.82, 2.24) is 0 Å². The second-order valence-electron chi connectivity index (χ2n) is 16.3. The molecule has 5 fully saturated rings. The Hall–Kier alpha value is 1.12. The predicted molar refractivity (Wildman–Crippen MR) is 191 cm³/mol. The molecule has 5 saturated carbocycles. The van der Waals surface area contributed by atoms with Gasteiger partial charge in [0.1, 0.15) is 0 Å². The standard InChI is InChI=1S/C35H58Si2.2CH3.2ClH.Zr/c1-24(26-13-8-7-9-14-26)19-29-23-35(33-22-28-16-12-15-27(28)21-32(29)33)37(5,6)36(3,4)34-20-25(2)30-17-10-11-18-31(30)34;;;;;/h7-9,13-14,24-25,27-35H,10-12,15-23H2,1-6H3;2*1H3;2*1H;/q;2*-1;;;+4/p-2. The van der Waals surface area contributed by atoms with E-state index in [0.29, 0.717) is 0 Å². The van der Waals surface area contributed by atoms with Crippen LogP contribution in [0.1, 0.15) is 102 Å². The molecular formula is C37H64Cl2Si2Zr. The van der Waals surface area contributed by atoms with Crippen LogP contribution in [0.15, 0.2) is 30.3 Å². The average molecular weight is 727 g/mol. The van der Waals surface area contributed by atoms with Gasteiger partial charge in [-0.2, -0.15) is 0 Å². The molecule has 1 aromatic carbocycles. The van der Waals surface area contributed by atoms with Gasteiger partial charge in [-0.25, -0.2) is 0 Å². The normalized spacial score (nSPS) is 37.9. The number of hydrogen-bond acceptors (Lipinski definition) is 0. The second-order valence-corrected chi connectivity index (χ2v) is 36.2.